The standard InChI is InChI=1S/C19H18N2O3/c1-19(23-2,15-11-7-4-8-12-15)18(22)20-17-13-16(24-21-17)14-9-5-3-6-10-14/h3-13H,1-2H3,(H,20,21,22). The molecule has 3 aromatic rings. The lowest BCUT2D eigenvalue weighted by Gasteiger charge is -2.26. The van der Waals surface area contributed by atoms with E-state index in [-0.39, 0.29) is 5.91 Å². The minimum atomic E-state index is -1.12. The second-order valence-corrected chi connectivity index (χ2v) is 5.50. The Morgan fingerprint density at radius 3 is 2.33 bits per heavy atom. The molecule has 0 bridgehead atoms. The lowest BCUT2D eigenvalue weighted by Crippen LogP contribution is -2.39. The summed E-state index contributed by atoms with van der Waals surface area (Å²) in [6.07, 6.45) is 0. The zero-order chi connectivity index (χ0) is 17.0. The van der Waals surface area contributed by atoms with Crippen LogP contribution in [-0.4, -0.2) is 18.2 Å². The number of aromatic nitrogens is 1. The van der Waals surface area contributed by atoms with Crippen molar-refractivity contribution in [3.63, 3.8) is 0 Å². The minimum Gasteiger partial charge on any atom is -0.364 e. The molecule has 122 valence electrons. The molecule has 24 heavy (non-hydrogen) atoms. The molecule has 0 aliphatic rings. The van der Waals surface area contributed by atoms with Crippen LogP contribution in [0, 0.1) is 0 Å². The number of carbonyl (C=O) groups is 1. The van der Waals surface area contributed by atoms with E-state index in [0.717, 1.165) is 11.1 Å². The first-order chi connectivity index (χ1) is 11.6. The number of methoxy groups -OCH3 is 1. The van der Waals surface area contributed by atoms with E-state index in [9.17, 15) is 4.79 Å². The first-order valence-electron chi connectivity index (χ1n) is 7.58. The molecule has 0 radical (unpaired) electrons. The zero-order valence-corrected chi connectivity index (χ0v) is 13.5. The van der Waals surface area contributed by atoms with E-state index in [1.165, 1.54) is 7.11 Å². The van der Waals surface area contributed by atoms with Gasteiger partial charge >= 0.3 is 0 Å². The van der Waals surface area contributed by atoms with Gasteiger partial charge in [-0.2, -0.15) is 0 Å². The molecule has 1 N–H and O–H groups in total. The van der Waals surface area contributed by atoms with Crippen LogP contribution in [0.1, 0.15) is 12.5 Å². The summed E-state index contributed by atoms with van der Waals surface area (Å²) in [5.41, 5.74) is 0.535. The molecule has 0 aliphatic carbocycles. The molecule has 3 rings (SSSR count). The number of hydrogen-bond donors (Lipinski definition) is 1. The van der Waals surface area contributed by atoms with Crippen LogP contribution in [0.4, 0.5) is 5.82 Å². The van der Waals surface area contributed by atoms with Gasteiger partial charge in [-0.15, -0.1) is 0 Å². The summed E-state index contributed by atoms with van der Waals surface area (Å²) < 4.78 is 10.8. The molecule has 0 aliphatic heterocycles. The smallest absolute Gasteiger partial charge is 0.262 e. The number of anilines is 1. The maximum Gasteiger partial charge on any atom is 0.262 e. The number of benzene rings is 2. The highest BCUT2D eigenvalue weighted by Crippen LogP contribution is 2.27. The van der Waals surface area contributed by atoms with Crippen LogP contribution < -0.4 is 5.32 Å². The van der Waals surface area contributed by atoms with Gasteiger partial charge in [-0.1, -0.05) is 65.8 Å². The summed E-state index contributed by atoms with van der Waals surface area (Å²) in [7, 11) is 1.50. The van der Waals surface area contributed by atoms with Crippen LogP contribution in [0.2, 0.25) is 0 Å². The van der Waals surface area contributed by atoms with Gasteiger partial charge in [0.2, 0.25) is 0 Å². The molecule has 5 nitrogen and oxygen atoms in total. The van der Waals surface area contributed by atoms with Crippen LogP contribution in [0.3, 0.4) is 0 Å². The van der Waals surface area contributed by atoms with E-state index in [1.54, 1.807) is 13.0 Å². The Balaban J connectivity index is 1.81. The van der Waals surface area contributed by atoms with Gasteiger partial charge in [0.15, 0.2) is 17.2 Å². The molecule has 0 saturated heterocycles. The molecule has 1 amide bonds. The van der Waals surface area contributed by atoms with E-state index in [4.69, 9.17) is 9.26 Å². The number of amides is 1. The molecule has 1 aromatic heterocycles. The molecule has 0 saturated carbocycles. The van der Waals surface area contributed by atoms with Crippen LogP contribution in [-0.2, 0) is 15.1 Å². The van der Waals surface area contributed by atoms with Crippen LogP contribution in [0.15, 0.2) is 71.3 Å². The second kappa shape index (κ2) is 6.68. The number of rotatable bonds is 5. The molecule has 2 aromatic carbocycles. The Morgan fingerprint density at radius 2 is 1.71 bits per heavy atom. The van der Waals surface area contributed by atoms with Gasteiger partial charge in [0, 0.05) is 18.7 Å². The van der Waals surface area contributed by atoms with Crippen LogP contribution in [0.25, 0.3) is 11.3 Å². The first-order valence-corrected chi connectivity index (χ1v) is 7.58. The number of nitrogens with one attached hydrogen (secondary N) is 1. The van der Waals surface area contributed by atoms with Gasteiger partial charge < -0.3 is 14.6 Å². The molecule has 5 heteroatoms. The summed E-state index contributed by atoms with van der Waals surface area (Å²) in [6, 6.07) is 20.6. The summed E-state index contributed by atoms with van der Waals surface area (Å²) >= 11 is 0. The fourth-order valence-corrected chi connectivity index (χ4v) is 2.41. The van der Waals surface area contributed by atoms with E-state index in [2.05, 4.69) is 10.5 Å². The summed E-state index contributed by atoms with van der Waals surface area (Å²) in [5.74, 6) is 0.618. The fraction of sp³-hybridized carbons (Fsp3) is 0.158. The number of hydrogen-bond acceptors (Lipinski definition) is 4. The van der Waals surface area contributed by atoms with Gasteiger partial charge in [-0.3, -0.25) is 4.79 Å². The van der Waals surface area contributed by atoms with Crippen molar-refractivity contribution in [3.05, 3.63) is 72.3 Å². The van der Waals surface area contributed by atoms with Crippen molar-refractivity contribution in [3.8, 4) is 11.3 Å². The molecule has 1 atom stereocenters. The Labute approximate surface area is 140 Å². The summed E-state index contributed by atoms with van der Waals surface area (Å²) in [6.45, 7) is 1.72. The number of carbonyl (C=O) groups excluding carboxylic acids is 1. The minimum absolute atomic E-state index is 0.316. The SMILES string of the molecule is COC(C)(C(=O)Nc1cc(-c2ccccc2)on1)c1ccccc1. The zero-order valence-electron chi connectivity index (χ0n) is 13.5. The Bertz CT molecular complexity index is 815. The third-order valence-electron chi connectivity index (χ3n) is 3.98. The van der Waals surface area contributed by atoms with Crippen molar-refractivity contribution >= 4 is 11.7 Å². The van der Waals surface area contributed by atoms with Crippen molar-refractivity contribution in [1.29, 1.82) is 0 Å². The maximum absolute atomic E-state index is 12.7. The normalized spacial score (nSPS) is 13.2. The average Bonchev–Trinajstić information content (AvgIpc) is 3.11. The van der Waals surface area contributed by atoms with Crippen LogP contribution >= 0.6 is 0 Å². The first kappa shape index (κ1) is 16.0. The predicted octanol–water partition coefficient (Wildman–Crippen LogP) is 3.84. The number of ether oxygens (including phenoxy) is 1. The van der Waals surface area contributed by atoms with Crippen molar-refractivity contribution in [2.75, 3.05) is 12.4 Å². The Kier molecular flexibility index (Phi) is 4.44. The fourth-order valence-electron chi connectivity index (χ4n) is 2.41. The van der Waals surface area contributed by atoms with E-state index < -0.39 is 5.60 Å². The van der Waals surface area contributed by atoms with Gasteiger partial charge in [0.1, 0.15) is 0 Å². The van der Waals surface area contributed by atoms with Crippen molar-refractivity contribution in [2.24, 2.45) is 0 Å². The highest BCUT2D eigenvalue weighted by Gasteiger charge is 2.35. The van der Waals surface area contributed by atoms with E-state index in [1.807, 2.05) is 60.7 Å². The monoisotopic (exact) mass is 322 g/mol. The van der Waals surface area contributed by atoms with Crippen molar-refractivity contribution < 1.29 is 14.1 Å². The quantitative estimate of drug-likeness (QED) is 0.775. The Morgan fingerprint density at radius 1 is 1.08 bits per heavy atom. The van der Waals surface area contributed by atoms with Crippen molar-refractivity contribution in [2.45, 2.75) is 12.5 Å². The Hall–Kier alpha value is -2.92. The average molecular weight is 322 g/mol. The van der Waals surface area contributed by atoms with Crippen LogP contribution in [0.5, 0.6) is 0 Å². The van der Waals surface area contributed by atoms with Gasteiger partial charge in [-0.25, -0.2) is 0 Å². The third-order valence-corrected chi connectivity index (χ3v) is 3.98. The van der Waals surface area contributed by atoms with Crippen molar-refractivity contribution in [1.82, 2.24) is 5.16 Å². The molecule has 1 heterocycles. The molecule has 0 spiro atoms. The number of nitrogens with zero attached hydrogens (tertiary/aromatic N) is 1. The lowest BCUT2D eigenvalue weighted by atomic mass is 9.95. The van der Waals surface area contributed by atoms with E-state index >= 15 is 0 Å². The summed E-state index contributed by atoms with van der Waals surface area (Å²) in [5, 5.41) is 6.66. The van der Waals surface area contributed by atoms with Gasteiger partial charge in [-0.05, 0) is 12.5 Å². The largest absolute Gasteiger partial charge is 0.364 e. The second-order valence-electron chi connectivity index (χ2n) is 5.50. The van der Waals surface area contributed by atoms with Gasteiger partial charge in [0.05, 0.1) is 0 Å². The molecule has 1 unspecified atom stereocenters. The third kappa shape index (κ3) is 3.07. The summed E-state index contributed by atoms with van der Waals surface area (Å²) in [4.78, 5) is 12.7. The lowest BCUT2D eigenvalue weighted by molar-refractivity contribution is -0.136. The van der Waals surface area contributed by atoms with Gasteiger partial charge in [0.25, 0.3) is 5.91 Å². The van der Waals surface area contributed by atoms with E-state index in [0.29, 0.717) is 11.6 Å². The highest BCUT2D eigenvalue weighted by molar-refractivity contribution is 5.97. The molecule has 0 fully saturated rings. The molecular formula is C19H18N2O3. The topological polar surface area (TPSA) is 64.4 Å². The predicted molar refractivity (Wildman–Crippen MR) is 91.4 cm³/mol. The maximum atomic E-state index is 12.7. The molecular weight excluding hydrogens is 304 g/mol. The highest BCUT2D eigenvalue weighted by atomic mass is 16.5.